The summed E-state index contributed by atoms with van der Waals surface area (Å²) >= 11 is 0. The van der Waals surface area contributed by atoms with Gasteiger partial charge in [-0.1, -0.05) is 26.7 Å². The molecular weight excluding hydrogens is 264 g/mol. The second-order valence-electron chi connectivity index (χ2n) is 6.39. The topological polar surface area (TPSA) is 66.6 Å². The van der Waals surface area contributed by atoms with Crippen LogP contribution in [-0.4, -0.2) is 28.5 Å². The number of benzene rings is 1. The molecule has 0 radical (unpaired) electrons. The second kappa shape index (κ2) is 6.83. The van der Waals surface area contributed by atoms with E-state index in [0.29, 0.717) is 23.2 Å². The number of carbonyl (C=O) groups excluding carboxylic acids is 1. The van der Waals surface area contributed by atoms with Crippen molar-refractivity contribution in [2.75, 3.05) is 12.3 Å². The molecule has 1 aliphatic carbocycles. The number of amides is 1. The molecule has 0 bridgehead atoms. The smallest absolute Gasteiger partial charge is 0.256 e. The summed E-state index contributed by atoms with van der Waals surface area (Å²) < 4.78 is 0. The van der Waals surface area contributed by atoms with E-state index in [1.54, 1.807) is 6.07 Å². The number of hydrogen-bond acceptors (Lipinski definition) is 3. The van der Waals surface area contributed by atoms with Crippen molar-refractivity contribution in [3.63, 3.8) is 0 Å². The lowest BCUT2D eigenvalue weighted by Crippen LogP contribution is -2.40. The molecule has 4 heteroatoms. The maximum Gasteiger partial charge on any atom is 0.256 e. The lowest BCUT2D eigenvalue weighted by atomic mass is 10.1. The summed E-state index contributed by atoms with van der Waals surface area (Å²) in [6, 6.07) is 4.91. The molecule has 1 saturated carbocycles. The Bertz CT molecular complexity index is 494. The summed E-state index contributed by atoms with van der Waals surface area (Å²) in [6.07, 6.45) is 5.50. The third kappa shape index (κ3) is 3.90. The summed E-state index contributed by atoms with van der Waals surface area (Å²) in [7, 11) is 0. The highest BCUT2D eigenvalue weighted by atomic mass is 16.3. The fraction of sp³-hybridized carbons (Fsp3) is 0.588. The highest BCUT2D eigenvalue weighted by molar-refractivity contribution is 5.99. The Kier molecular flexibility index (Phi) is 5.10. The van der Waals surface area contributed by atoms with Gasteiger partial charge >= 0.3 is 0 Å². The van der Waals surface area contributed by atoms with Crippen LogP contribution in [0.1, 0.15) is 56.3 Å². The predicted octanol–water partition coefficient (Wildman–Crippen LogP) is 3.41. The average molecular weight is 290 g/mol. The molecule has 1 aromatic rings. The Morgan fingerprint density at radius 2 is 2.05 bits per heavy atom. The van der Waals surface area contributed by atoms with Gasteiger partial charge in [0, 0.05) is 18.3 Å². The lowest BCUT2D eigenvalue weighted by Gasteiger charge is -2.30. The Balaban J connectivity index is 2.21. The van der Waals surface area contributed by atoms with Crippen LogP contribution < -0.4 is 5.73 Å². The van der Waals surface area contributed by atoms with Crippen molar-refractivity contribution in [1.82, 2.24) is 4.90 Å². The number of phenols is 1. The van der Waals surface area contributed by atoms with Crippen LogP contribution in [0, 0.1) is 5.92 Å². The van der Waals surface area contributed by atoms with E-state index < -0.39 is 0 Å². The van der Waals surface area contributed by atoms with E-state index in [9.17, 15) is 9.90 Å². The van der Waals surface area contributed by atoms with Crippen molar-refractivity contribution in [3.8, 4) is 5.75 Å². The van der Waals surface area contributed by atoms with Gasteiger partial charge in [0.2, 0.25) is 0 Å². The molecule has 2 rings (SSSR count). The molecule has 3 N–H and O–H groups in total. The molecular formula is C17H26N2O2. The number of hydrogen-bond donors (Lipinski definition) is 2. The minimum absolute atomic E-state index is 0.0454. The highest BCUT2D eigenvalue weighted by Gasteiger charge is 2.28. The van der Waals surface area contributed by atoms with E-state index in [4.69, 9.17) is 5.73 Å². The molecule has 0 aromatic heterocycles. The molecule has 4 nitrogen and oxygen atoms in total. The van der Waals surface area contributed by atoms with E-state index >= 15 is 0 Å². The van der Waals surface area contributed by atoms with Gasteiger partial charge in [0.05, 0.1) is 5.56 Å². The first-order valence-electron chi connectivity index (χ1n) is 7.88. The van der Waals surface area contributed by atoms with Crippen molar-refractivity contribution in [2.45, 2.75) is 52.0 Å². The number of rotatable bonds is 5. The molecule has 1 amide bonds. The Morgan fingerprint density at radius 1 is 1.38 bits per heavy atom. The first kappa shape index (κ1) is 15.7. The second-order valence-corrected chi connectivity index (χ2v) is 6.39. The van der Waals surface area contributed by atoms with Crippen molar-refractivity contribution in [1.29, 1.82) is 0 Å². The van der Waals surface area contributed by atoms with Gasteiger partial charge < -0.3 is 15.7 Å². The quantitative estimate of drug-likeness (QED) is 0.645. The molecule has 1 aliphatic rings. The molecule has 21 heavy (non-hydrogen) atoms. The van der Waals surface area contributed by atoms with Gasteiger partial charge in [-0.05, 0) is 43.4 Å². The molecule has 0 atom stereocenters. The van der Waals surface area contributed by atoms with Gasteiger partial charge in [0.15, 0.2) is 0 Å². The number of nitrogen functional groups attached to an aromatic ring is 1. The van der Waals surface area contributed by atoms with Gasteiger partial charge in [-0.25, -0.2) is 0 Å². The Morgan fingerprint density at radius 3 is 2.67 bits per heavy atom. The molecule has 1 fully saturated rings. The van der Waals surface area contributed by atoms with E-state index in [0.717, 1.165) is 25.8 Å². The molecule has 0 heterocycles. The molecule has 1 aromatic carbocycles. The van der Waals surface area contributed by atoms with Gasteiger partial charge in [0.25, 0.3) is 5.91 Å². The summed E-state index contributed by atoms with van der Waals surface area (Å²) in [5, 5.41) is 9.63. The zero-order chi connectivity index (χ0) is 15.4. The zero-order valence-electron chi connectivity index (χ0n) is 13.0. The van der Waals surface area contributed by atoms with Gasteiger partial charge in [-0.3, -0.25) is 4.79 Å². The molecule has 0 unspecified atom stereocenters. The minimum atomic E-state index is -0.0454. The van der Waals surface area contributed by atoms with Crippen molar-refractivity contribution in [3.05, 3.63) is 23.8 Å². The third-order valence-corrected chi connectivity index (χ3v) is 4.24. The number of nitrogens with two attached hydrogens (primary N) is 1. The molecule has 0 spiro atoms. The molecule has 116 valence electrons. The fourth-order valence-corrected chi connectivity index (χ4v) is 2.95. The SMILES string of the molecule is CC(C)CCN(C(=O)c1cc(O)ccc1N)C1CCCC1. The van der Waals surface area contributed by atoms with Crippen LogP contribution >= 0.6 is 0 Å². The summed E-state index contributed by atoms with van der Waals surface area (Å²) in [5.41, 5.74) is 6.78. The molecule has 0 aliphatic heterocycles. The predicted molar refractivity (Wildman–Crippen MR) is 85.3 cm³/mol. The largest absolute Gasteiger partial charge is 0.508 e. The Labute approximate surface area is 126 Å². The first-order valence-corrected chi connectivity index (χ1v) is 7.88. The fourth-order valence-electron chi connectivity index (χ4n) is 2.95. The van der Waals surface area contributed by atoms with Crippen LogP contribution in [0.3, 0.4) is 0 Å². The van der Waals surface area contributed by atoms with E-state index in [1.165, 1.54) is 25.0 Å². The van der Waals surface area contributed by atoms with Crippen LogP contribution in [0.4, 0.5) is 5.69 Å². The molecule has 0 saturated heterocycles. The van der Waals surface area contributed by atoms with Crippen molar-refractivity contribution >= 4 is 11.6 Å². The maximum absolute atomic E-state index is 12.9. The van der Waals surface area contributed by atoms with Crippen LogP contribution in [0.15, 0.2) is 18.2 Å². The first-order chi connectivity index (χ1) is 9.99. The summed E-state index contributed by atoms with van der Waals surface area (Å²) in [6.45, 7) is 5.09. The number of carbonyl (C=O) groups is 1. The van der Waals surface area contributed by atoms with E-state index in [1.807, 2.05) is 4.90 Å². The van der Waals surface area contributed by atoms with Crippen LogP contribution in [0.25, 0.3) is 0 Å². The monoisotopic (exact) mass is 290 g/mol. The minimum Gasteiger partial charge on any atom is -0.508 e. The number of phenolic OH excluding ortho intramolecular Hbond substituents is 1. The zero-order valence-corrected chi connectivity index (χ0v) is 13.0. The van der Waals surface area contributed by atoms with E-state index in [2.05, 4.69) is 13.8 Å². The van der Waals surface area contributed by atoms with Crippen molar-refractivity contribution < 1.29 is 9.90 Å². The van der Waals surface area contributed by atoms with Crippen molar-refractivity contribution in [2.24, 2.45) is 5.92 Å². The summed E-state index contributed by atoms with van der Waals surface area (Å²) in [5.74, 6) is 0.599. The number of aromatic hydroxyl groups is 1. The maximum atomic E-state index is 12.9. The van der Waals surface area contributed by atoms with E-state index in [-0.39, 0.29) is 11.7 Å². The summed E-state index contributed by atoms with van der Waals surface area (Å²) in [4.78, 5) is 14.8. The Hall–Kier alpha value is -1.71. The van der Waals surface area contributed by atoms with Gasteiger partial charge in [-0.15, -0.1) is 0 Å². The van der Waals surface area contributed by atoms with Crippen LogP contribution in [0.2, 0.25) is 0 Å². The number of nitrogens with zero attached hydrogens (tertiary/aromatic N) is 1. The average Bonchev–Trinajstić information content (AvgIpc) is 2.95. The van der Waals surface area contributed by atoms with Gasteiger partial charge in [0.1, 0.15) is 5.75 Å². The van der Waals surface area contributed by atoms with Crippen LogP contribution in [0.5, 0.6) is 5.75 Å². The lowest BCUT2D eigenvalue weighted by molar-refractivity contribution is 0.0672. The highest BCUT2D eigenvalue weighted by Crippen LogP contribution is 2.28. The normalized spacial score (nSPS) is 15.6. The number of anilines is 1. The van der Waals surface area contributed by atoms with Gasteiger partial charge in [-0.2, -0.15) is 0 Å². The van der Waals surface area contributed by atoms with Crippen LogP contribution in [-0.2, 0) is 0 Å². The standard InChI is InChI=1S/C17H26N2O2/c1-12(2)9-10-19(13-5-3-4-6-13)17(21)15-11-14(20)7-8-16(15)18/h7-8,11-13,20H,3-6,9-10,18H2,1-2H3. The third-order valence-electron chi connectivity index (χ3n) is 4.24.